The molecule has 0 fully saturated rings. The topological polar surface area (TPSA) is 104 Å². The highest BCUT2D eigenvalue weighted by atomic mass is 16.4. The zero-order valence-electron chi connectivity index (χ0n) is 9.65. The van der Waals surface area contributed by atoms with Crippen LogP contribution in [0.4, 0.5) is 5.95 Å². The average molecular weight is 238 g/mol. The number of aryl methyl sites for hydroxylation is 1. The Morgan fingerprint density at radius 2 is 2.12 bits per heavy atom. The number of hydrogen-bond donors (Lipinski definition) is 3. The molecule has 0 saturated carbocycles. The van der Waals surface area contributed by atoms with Crippen molar-refractivity contribution in [1.29, 1.82) is 0 Å². The third-order valence-corrected chi connectivity index (χ3v) is 1.93. The lowest BCUT2D eigenvalue weighted by atomic mass is 10.3. The molecule has 0 aliphatic carbocycles. The van der Waals surface area contributed by atoms with E-state index in [0.29, 0.717) is 11.6 Å². The van der Waals surface area contributed by atoms with Crippen LogP contribution < -0.4 is 10.6 Å². The first-order chi connectivity index (χ1) is 8.02. The minimum Gasteiger partial charge on any atom is -0.481 e. The first kappa shape index (κ1) is 12.9. The molecule has 7 heteroatoms. The fourth-order valence-electron chi connectivity index (χ4n) is 1.17. The lowest BCUT2D eigenvalue weighted by molar-refractivity contribution is -0.136. The molecule has 0 spiro atoms. The summed E-state index contributed by atoms with van der Waals surface area (Å²) in [4.78, 5) is 29.9. The number of aromatic nitrogens is 2. The number of carbonyl (C=O) groups is 2. The lowest BCUT2D eigenvalue weighted by Gasteiger charge is -2.05. The van der Waals surface area contributed by atoms with Crippen LogP contribution in [0.15, 0.2) is 6.07 Å². The molecule has 3 N–H and O–H groups in total. The number of carboxylic acids is 1. The second-order valence-corrected chi connectivity index (χ2v) is 3.37. The summed E-state index contributed by atoms with van der Waals surface area (Å²) in [5.41, 5.74) is 0.875. The van der Waals surface area contributed by atoms with Crippen LogP contribution in [0, 0.1) is 6.92 Å². The zero-order chi connectivity index (χ0) is 12.8. The molecule has 0 atom stereocenters. The van der Waals surface area contributed by atoms with Crippen molar-refractivity contribution in [2.24, 2.45) is 0 Å². The normalized spacial score (nSPS) is 9.76. The van der Waals surface area contributed by atoms with E-state index in [1.165, 1.54) is 6.07 Å². The molecule has 1 amide bonds. The zero-order valence-corrected chi connectivity index (χ0v) is 9.65. The number of nitrogens with one attached hydrogen (secondary N) is 2. The van der Waals surface area contributed by atoms with E-state index in [4.69, 9.17) is 5.11 Å². The van der Waals surface area contributed by atoms with Crippen LogP contribution in [-0.4, -0.2) is 40.5 Å². The van der Waals surface area contributed by atoms with Crippen LogP contribution in [0.3, 0.4) is 0 Å². The van der Waals surface area contributed by atoms with Gasteiger partial charge in [0.15, 0.2) is 0 Å². The van der Waals surface area contributed by atoms with Crippen molar-refractivity contribution >= 4 is 17.8 Å². The van der Waals surface area contributed by atoms with Crippen molar-refractivity contribution in [3.05, 3.63) is 17.5 Å². The summed E-state index contributed by atoms with van der Waals surface area (Å²) in [5, 5.41) is 13.6. The monoisotopic (exact) mass is 238 g/mol. The van der Waals surface area contributed by atoms with Crippen molar-refractivity contribution < 1.29 is 14.7 Å². The van der Waals surface area contributed by atoms with Crippen molar-refractivity contribution in [1.82, 2.24) is 15.3 Å². The summed E-state index contributed by atoms with van der Waals surface area (Å²) in [7, 11) is 1.65. The van der Waals surface area contributed by atoms with Gasteiger partial charge in [0.25, 0.3) is 5.91 Å². The standard InChI is InChI=1S/C10H14N4O3/c1-6-5-7(14-10(11-2)13-6)9(17)12-4-3-8(15)16/h5H,3-4H2,1-2H3,(H,12,17)(H,15,16)(H,11,13,14). The molecular formula is C10H14N4O3. The number of rotatable bonds is 5. The largest absolute Gasteiger partial charge is 0.481 e. The predicted molar refractivity (Wildman–Crippen MR) is 60.9 cm³/mol. The molecule has 0 radical (unpaired) electrons. The van der Waals surface area contributed by atoms with Gasteiger partial charge in [-0.25, -0.2) is 9.97 Å². The van der Waals surface area contributed by atoms with Crippen LogP contribution in [0.1, 0.15) is 22.6 Å². The third-order valence-electron chi connectivity index (χ3n) is 1.93. The maximum atomic E-state index is 11.6. The second-order valence-electron chi connectivity index (χ2n) is 3.37. The Morgan fingerprint density at radius 3 is 2.71 bits per heavy atom. The average Bonchev–Trinajstić information content (AvgIpc) is 2.27. The smallest absolute Gasteiger partial charge is 0.305 e. The summed E-state index contributed by atoms with van der Waals surface area (Å²) in [5.74, 6) is -1.01. The molecule has 7 nitrogen and oxygen atoms in total. The van der Waals surface area contributed by atoms with Gasteiger partial charge in [-0.05, 0) is 13.0 Å². The van der Waals surface area contributed by atoms with Crippen LogP contribution in [0.5, 0.6) is 0 Å². The first-order valence-corrected chi connectivity index (χ1v) is 5.06. The Bertz CT molecular complexity index is 434. The van der Waals surface area contributed by atoms with Crippen molar-refractivity contribution in [2.75, 3.05) is 18.9 Å². The number of nitrogens with zero attached hydrogens (tertiary/aromatic N) is 2. The van der Waals surface area contributed by atoms with E-state index in [0.717, 1.165) is 0 Å². The minimum atomic E-state index is -0.958. The van der Waals surface area contributed by atoms with Gasteiger partial charge >= 0.3 is 5.97 Å². The lowest BCUT2D eigenvalue weighted by Crippen LogP contribution is -2.27. The molecule has 1 rings (SSSR count). The fraction of sp³-hybridized carbons (Fsp3) is 0.400. The maximum Gasteiger partial charge on any atom is 0.305 e. The summed E-state index contributed by atoms with van der Waals surface area (Å²) in [6, 6.07) is 1.54. The number of aliphatic carboxylic acids is 1. The van der Waals surface area contributed by atoms with Gasteiger partial charge in [-0.1, -0.05) is 0 Å². The molecule has 17 heavy (non-hydrogen) atoms. The SMILES string of the molecule is CNc1nc(C)cc(C(=O)NCCC(=O)O)n1. The Morgan fingerprint density at radius 1 is 1.41 bits per heavy atom. The van der Waals surface area contributed by atoms with Gasteiger partial charge in [-0.2, -0.15) is 0 Å². The van der Waals surface area contributed by atoms with Gasteiger partial charge in [0, 0.05) is 19.3 Å². The molecule has 0 unspecified atom stereocenters. The van der Waals surface area contributed by atoms with Crippen molar-refractivity contribution in [3.8, 4) is 0 Å². The molecule has 1 aromatic rings. The third kappa shape index (κ3) is 4.06. The van der Waals surface area contributed by atoms with E-state index in [2.05, 4.69) is 20.6 Å². The molecule has 1 heterocycles. The molecule has 1 aromatic heterocycles. The van der Waals surface area contributed by atoms with Crippen molar-refractivity contribution in [3.63, 3.8) is 0 Å². The Balaban J connectivity index is 2.68. The van der Waals surface area contributed by atoms with Gasteiger partial charge in [0.1, 0.15) is 5.69 Å². The minimum absolute atomic E-state index is 0.0755. The summed E-state index contributed by atoms with van der Waals surface area (Å²) >= 11 is 0. The van der Waals surface area contributed by atoms with E-state index in [9.17, 15) is 9.59 Å². The number of amides is 1. The Kier molecular flexibility index (Phi) is 4.38. The summed E-state index contributed by atoms with van der Waals surface area (Å²) < 4.78 is 0. The van der Waals surface area contributed by atoms with Crippen LogP contribution in [0.2, 0.25) is 0 Å². The van der Waals surface area contributed by atoms with Gasteiger partial charge in [-0.15, -0.1) is 0 Å². The number of carbonyl (C=O) groups excluding carboxylic acids is 1. The maximum absolute atomic E-state index is 11.6. The van der Waals surface area contributed by atoms with Gasteiger partial charge in [0.2, 0.25) is 5.95 Å². The number of carboxylic acid groups (broad SMARTS) is 1. The highest BCUT2D eigenvalue weighted by Crippen LogP contribution is 2.03. The molecule has 92 valence electrons. The van der Waals surface area contributed by atoms with E-state index in [1.54, 1.807) is 14.0 Å². The van der Waals surface area contributed by atoms with Gasteiger partial charge in [-0.3, -0.25) is 9.59 Å². The van der Waals surface area contributed by atoms with Gasteiger partial charge in [0.05, 0.1) is 6.42 Å². The predicted octanol–water partition coefficient (Wildman–Crippen LogP) is 0.0312. The molecular weight excluding hydrogens is 224 g/mol. The summed E-state index contributed by atoms with van der Waals surface area (Å²) in [6.07, 6.45) is -0.116. The van der Waals surface area contributed by atoms with Crippen molar-refractivity contribution in [2.45, 2.75) is 13.3 Å². The second kappa shape index (κ2) is 5.78. The molecule has 0 bridgehead atoms. The molecule has 0 saturated heterocycles. The van der Waals surface area contributed by atoms with Gasteiger partial charge < -0.3 is 15.7 Å². The van der Waals surface area contributed by atoms with E-state index in [-0.39, 0.29) is 18.7 Å². The first-order valence-electron chi connectivity index (χ1n) is 5.06. The highest BCUT2D eigenvalue weighted by molar-refractivity contribution is 5.92. The van der Waals surface area contributed by atoms with Crippen LogP contribution in [-0.2, 0) is 4.79 Å². The van der Waals surface area contributed by atoms with E-state index >= 15 is 0 Å². The van der Waals surface area contributed by atoms with E-state index in [1.807, 2.05) is 0 Å². The molecule has 0 aliphatic heterocycles. The number of hydrogen-bond acceptors (Lipinski definition) is 5. The van der Waals surface area contributed by atoms with Crippen LogP contribution in [0.25, 0.3) is 0 Å². The summed E-state index contributed by atoms with van der Waals surface area (Å²) in [6.45, 7) is 1.82. The van der Waals surface area contributed by atoms with Crippen LogP contribution >= 0.6 is 0 Å². The Labute approximate surface area is 98.3 Å². The molecule has 0 aromatic carbocycles. The number of anilines is 1. The highest BCUT2D eigenvalue weighted by Gasteiger charge is 2.10. The quantitative estimate of drug-likeness (QED) is 0.668. The molecule has 0 aliphatic rings. The van der Waals surface area contributed by atoms with E-state index < -0.39 is 11.9 Å². The fourth-order valence-corrected chi connectivity index (χ4v) is 1.17. The Hall–Kier alpha value is -2.18.